The average Bonchev–Trinajstić information content (AvgIpc) is 3.48. The molecule has 1 fully saturated rings. The molecule has 4 rings (SSSR count). The smallest absolute Gasteiger partial charge is 0.238 e. The molecule has 0 unspecified atom stereocenters. The molecular weight excluding hydrogens is 410 g/mol. The van der Waals surface area contributed by atoms with Crippen molar-refractivity contribution in [3.05, 3.63) is 39.9 Å². The maximum Gasteiger partial charge on any atom is 0.238 e. The number of benzene rings is 1. The molecule has 1 aromatic heterocycles. The number of hydrogen-bond donors (Lipinski definition) is 2. The fraction of sp³-hybridized carbons (Fsp3) is 0.522. The first-order valence-corrected chi connectivity index (χ1v) is 11.8. The molecule has 1 aromatic carbocycles. The summed E-state index contributed by atoms with van der Waals surface area (Å²) in [5.41, 5.74) is 4.14. The van der Waals surface area contributed by atoms with Crippen LogP contribution < -0.4 is 10.6 Å². The second-order valence-corrected chi connectivity index (χ2v) is 9.83. The first-order chi connectivity index (χ1) is 14.9. The summed E-state index contributed by atoms with van der Waals surface area (Å²) in [5.74, 6) is -0.0715. The summed E-state index contributed by atoms with van der Waals surface area (Å²) in [4.78, 5) is 35.4. The van der Waals surface area contributed by atoms with Gasteiger partial charge in [-0.2, -0.15) is 0 Å². The Morgan fingerprint density at radius 2 is 2.03 bits per heavy atom. The summed E-state index contributed by atoms with van der Waals surface area (Å²) >= 11 is 1.57. The van der Waals surface area contributed by atoms with Crippen molar-refractivity contribution in [3.8, 4) is 0 Å². The number of hydrogen-bond acceptors (Lipinski definition) is 6. The molecule has 0 atom stereocenters. The van der Waals surface area contributed by atoms with E-state index in [0.29, 0.717) is 30.7 Å². The summed E-state index contributed by atoms with van der Waals surface area (Å²) in [6.07, 6.45) is 3.47. The minimum Gasteiger partial charge on any atom is -0.325 e. The van der Waals surface area contributed by atoms with Gasteiger partial charge in [-0.25, -0.2) is 4.98 Å². The molecule has 1 aliphatic carbocycles. The second kappa shape index (κ2) is 9.46. The molecule has 31 heavy (non-hydrogen) atoms. The first kappa shape index (κ1) is 21.9. The van der Waals surface area contributed by atoms with Crippen LogP contribution in [-0.2, 0) is 22.6 Å². The van der Waals surface area contributed by atoms with Crippen LogP contribution in [0.2, 0.25) is 0 Å². The molecule has 2 aromatic rings. The maximum absolute atomic E-state index is 12.6. The van der Waals surface area contributed by atoms with E-state index in [1.54, 1.807) is 11.3 Å². The third kappa shape index (κ3) is 5.90. The first-order valence-electron chi connectivity index (χ1n) is 11.0. The van der Waals surface area contributed by atoms with Crippen LogP contribution in [0, 0.1) is 13.8 Å². The lowest BCUT2D eigenvalue weighted by molar-refractivity contribution is -0.119. The standard InChI is InChI=1S/C23H31N5O2S/c1-15-4-5-16(2)19(12-15)24-22(30)14-28(17-6-7-17)11-9-21(29)26-23-25-18-8-10-27(3)13-20(18)31-23/h4-5,12,17H,6-11,13-14H2,1-3H3,(H,24,30)(H,25,26,29). The predicted octanol–water partition coefficient (Wildman–Crippen LogP) is 3.18. The molecule has 7 nitrogen and oxygen atoms in total. The van der Waals surface area contributed by atoms with Crippen molar-refractivity contribution in [1.82, 2.24) is 14.8 Å². The van der Waals surface area contributed by atoms with E-state index in [0.717, 1.165) is 54.9 Å². The fourth-order valence-corrected chi connectivity index (χ4v) is 4.98. The summed E-state index contributed by atoms with van der Waals surface area (Å²) in [6.45, 7) is 6.79. The van der Waals surface area contributed by atoms with Gasteiger partial charge in [0.1, 0.15) is 0 Å². The van der Waals surface area contributed by atoms with E-state index >= 15 is 0 Å². The Morgan fingerprint density at radius 1 is 1.23 bits per heavy atom. The van der Waals surface area contributed by atoms with Crippen molar-refractivity contribution in [1.29, 1.82) is 0 Å². The number of carbonyl (C=O) groups excluding carboxylic acids is 2. The Balaban J connectivity index is 1.28. The third-order valence-electron chi connectivity index (χ3n) is 5.87. The van der Waals surface area contributed by atoms with Crippen LogP contribution in [0.1, 0.15) is 41.0 Å². The van der Waals surface area contributed by atoms with Gasteiger partial charge in [0.05, 0.1) is 12.2 Å². The van der Waals surface area contributed by atoms with E-state index in [2.05, 4.69) is 32.5 Å². The van der Waals surface area contributed by atoms with E-state index in [9.17, 15) is 9.59 Å². The number of rotatable bonds is 8. The van der Waals surface area contributed by atoms with Gasteiger partial charge >= 0.3 is 0 Å². The van der Waals surface area contributed by atoms with Crippen LogP contribution >= 0.6 is 11.3 Å². The molecule has 0 spiro atoms. The summed E-state index contributed by atoms with van der Waals surface area (Å²) in [7, 11) is 2.10. The number of aryl methyl sites for hydroxylation is 2. The van der Waals surface area contributed by atoms with Gasteiger partial charge in [-0.05, 0) is 50.9 Å². The highest BCUT2D eigenvalue weighted by Gasteiger charge is 2.30. The molecule has 0 bridgehead atoms. The highest BCUT2D eigenvalue weighted by molar-refractivity contribution is 7.15. The second-order valence-electron chi connectivity index (χ2n) is 8.74. The minimum atomic E-state index is -0.0416. The third-order valence-corrected chi connectivity index (χ3v) is 6.87. The normalized spacial score (nSPS) is 16.3. The molecule has 1 saturated carbocycles. The zero-order chi connectivity index (χ0) is 22.0. The number of thiazole rings is 1. The van der Waals surface area contributed by atoms with E-state index in [1.807, 2.05) is 32.0 Å². The van der Waals surface area contributed by atoms with Gasteiger partial charge in [-0.15, -0.1) is 11.3 Å². The van der Waals surface area contributed by atoms with Crippen LogP contribution in [0.5, 0.6) is 0 Å². The number of nitrogens with one attached hydrogen (secondary N) is 2. The van der Waals surface area contributed by atoms with E-state index in [1.165, 1.54) is 4.88 Å². The average molecular weight is 442 g/mol. The van der Waals surface area contributed by atoms with Gasteiger partial charge in [0.15, 0.2) is 5.13 Å². The number of aromatic nitrogens is 1. The van der Waals surface area contributed by atoms with Gasteiger partial charge in [0, 0.05) is 49.1 Å². The van der Waals surface area contributed by atoms with Crippen molar-refractivity contribution in [2.24, 2.45) is 0 Å². The Morgan fingerprint density at radius 3 is 2.81 bits per heavy atom. The number of fused-ring (bicyclic) bond motifs is 1. The van der Waals surface area contributed by atoms with Gasteiger partial charge in [-0.3, -0.25) is 14.5 Å². The van der Waals surface area contributed by atoms with Crippen LogP contribution in [0.15, 0.2) is 18.2 Å². The molecule has 0 radical (unpaired) electrons. The Kier molecular flexibility index (Phi) is 6.69. The number of likely N-dealkylation sites (N-methyl/N-ethyl adjacent to an activating group) is 1. The quantitative estimate of drug-likeness (QED) is 0.658. The largest absolute Gasteiger partial charge is 0.325 e. The summed E-state index contributed by atoms with van der Waals surface area (Å²) in [5, 5.41) is 6.68. The Labute approximate surface area is 187 Å². The van der Waals surface area contributed by atoms with Gasteiger partial charge in [0.2, 0.25) is 11.8 Å². The number of nitrogens with zero attached hydrogens (tertiary/aromatic N) is 3. The van der Waals surface area contributed by atoms with Gasteiger partial charge in [0.25, 0.3) is 0 Å². The van der Waals surface area contributed by atoms with Crippen molar-refractivity contribution in [3.63, 3.8) is 0 Å². The van der Waals surface area contributed by atoms with Crippen LogP contribution in [-0.4, -0.2) is 59.3 Å². The molecule has 166 valence electrons. The van der Waals surface area contributed by atoms with Crippen LogP contribution in [0.25, 0.3) is 0 Å². The molecule has 2 heterocycles. The lowest BCUT2D eigenvalue weighted by Crippen LogP contribution is -2.37. The Hall–Kier alpha value is -2.29. The van der Waals surface area contributed by atoms with Crippen molar-refractivity contribution in [2.75, 3.05) is 37.3 Å². The zero-order valence-corrected chi connectivity index (χ0v) is 19.3. The molecular formula is C23H31N5O2S. The van der Waals surface area contributed by atoms with Crippen molar-refractivity contribution >= 4 is 34.0 Å². The molecule has 1 aliphatic heterocycles. The highest BCUT2D eigenvalue weighted by atomic mass is 32.1. The predicted molar refractivity (Wildman–Crippen MR) is 125 cm³/mol. The number of anilines is 2. The van der Waals surface area contributed by atoms with Crippen LogP contribution in [0.4, 0.5) is 10.8 Å². The van der Waals surface area contributed by atoms with Gasteiger partial charge in [-0.1, -0.05) is 12.1 Å². The maximum atomic E-state index is 12.6. The fourth-order valence-electron chi connectivity index (χ4n) is 3.88. The van der Waals surface area contributed by atoms with E-state index < -0.39 is 0 Å². The van der Waals surface area contributed by atoms with E-state index in [4.69, 9.17) is 0 Å². The molecule has 0 saturated heterocycles. The zero-order valence-electron chi connectivity index (χ0n) is 18.5. The van der Waals surface area contributed by atoms with Crippen LogP contribution in [0.3, 0.4) is 0 Å². The molecule has 2 N–H and O–H groups in total. The minimum absolute atomic E-state index is 0.0299. The summed E-state index contributed by atoms with van der Waals surface area (Å²) in [6, 6.07) is 6.45. The topological polar surface area (TPSA) is 77.6 Å². The monoisotopic (exact) mass is 441 g/mol. The van der Waals surface area contributed by atoms with Gasteiger partial charge < -0.3 is 15.5 Å². The van der Waals surface area contributed by atoms with Crippen molar-refractivity contribution in [2.45, 2.75) is 52.1 Å². The molecule has 8 heteroatoms. The van der Waals surface area contributed by atoms with Crippen molar-refractivity contribution < 1.29 is 9.59 Å². The highest BCUT2D eigenvalue weighted by Crippen LogP contribution is 2.29. The lowest BCUT2D eigenvalue weighted by Gasteiger charge is -2.21. The number of amides is 2. The number of carbonyl (C=O) groups is 2. The molecule has 2 amide bonds. The summed E-state index contributed by atoms with van der Waals surface area (Å²) < 4.78 is 0. The SMILES string of the molecule is Cc1ccc(C)c(NC(=O)CN(CCC(=O)Nc2nc3c(s2)CN(C)CC3)C2CC2)c1. The Bertz CT molecular complexity index is 969. The lowest BCUT2D eigenvalue weighted by atomic mass is 10.1. The van der Waals surface area contributed by atoms with E-state index in [-0.39, 0.29) is 11.8 Å². The molecule has 2 aliphatic rings.